The van der Waals surface area contributed by atoms with Crippen LogP contribution >= 0.6 is 23.2 Å². The highest BCUT2D eigenvalue weighted by Crippen LogP contribution is 2.34. The zero-order valence-electron chi connectivity index (χ0n) is 12.5. The highest BCUT2D eigenvalue weighted by Gasteiger charge is 2.11. The van der Waals surface area contributed by atoms with Crippen LogP contribution in [0.2, 0.25) is 10.0 Å². The molecule has 3 heteroatoms. The van der Waals surface area contributed by atoms with Crippen molar-refractivity contribution >= 4 is 23.2 Å². The maximum Gasteiger partial charge on any atom is 0.0670 e. The zero-order valence-corrected chi connectivity index (χ0v) is 14.0. The normalized spacial score (nSPS) is 12.4. The molecule has 0 aliphatic carbocycles. The Morgan fingerprint density at radius 2 is 1.81 bits per heavy atom. The lowest BCUT2D eigenvalue weighted by molar-refractivity contribution is 0.518. The van der Waals surface area contributed by atoms with Crippen LogP contribution in [0.1, 0.15) is 38.3 Å². The van der Waals surface area contributed by atoms with Gasteiger partial charge >= 0.3 is 0 Å². The minimum Gasteiger partial charge on any atom is -0.310 e. The van der Waals surface area contributed by atoms with Crippen LogP contribution in [0.25, 0.3) is 11.1 Å². The van der Waals surface area contributed by atoms with Crippen molar-refractivity contribution in [2.24, 2.45) is 0 Å². The fourth-order valence-corrected chi connectivity index (χ4v) is 2.88. The lowest BCUT2D eigenvalue weighted by Gasteiger charge is -2.18. The highest BCUT2D eigenvalue weighted by molar-refractivity contribution is 6.43. The molecule has 0 amide bonds. The topological polar surface area (TPSA) is 12.0 Å². The van der Waals surface area contributed by atoms with Crippen LogP contribution in [0.15, 0.2) is 42.5 Å². The molecule has 1 unspecified atom stereocenters. The molecule has 0 bridgehead atoms. The monoisotopic (exact) mass is 321 g/mol. The maximum absolute atomic E-state index is 6.33. The van der Waals surface area contributed by atoms with E-state index in [0.717, 1.165) is 30.5 Å². The first-order valence-corrected chi connectivity index (χ1v) is 8.20. The van der Waals surface area contributed by atoms with Crippen molar-refractivity contribution in [3.8, 4) is 11.1 Å². The Morgan fingerprint density at radius 3 is 2.52 bits per heavy atom. The Hall–Kier alpha value is -1.02. The smallest absolute Gasteiger partial charge is 0.0670 e. The second kappa shape index (κ2) is 7.84. The number of benzene rings is 2. The summed E-state index contributed by atoms with van der Waals surface area (Å²) in [5.74, 6) is 0. The molecule has 0 spiro atoms. The van der Waals surface area contributed by atoms with Gasteiger partial charge < -0.3 is 5.32 Å². The first kappa shape index (κ1) is 16.4. The van der Waals surface area contributed by atoms with Gasteiger partial charge in [-0.15, -0.1) is 0 Å². The lowest BCUT2D eigenvalue weighted by atomic mass is 9.98. The van der Waals surface area contributed by atoms with Gasteiger partial charge in [0.05, 0.1) is 10.0 Å². The number of rotatable bonds is 6. The van der Waals surface area contributed by atoms with Gasteiger partial charge in [0.2, 0.25) is 0 Å². The molecule has 21 heavy (non-hydrogen) atoms. The van der Waals surface area contributed by atoms with Gasteiger partial charge in [0.15, 0.2) is 0 Å². The van der Waals surface area contributed by atoms with E-state index < -0.39 is 0 Å². The van der Waals surface area contributed by atoms with Crippen molar-refractivity contribution in [2.45, 2.75) is 32.7 Å². The first-order chi connectivity index (χ1) is 10.2. The third-order valence-electron chi connectivity index (χ3n) is 3.60. The van der Waals surface area contributed by atoms with E-state index in [-0.39, 0.29) is 0 Å². The Bertz CT molecular complexity index is 596. The van der Waals surface area contributed by atoms with Crippen LogP contribution in [-0.4, -0.2) is 6.54 Å². The molecule has 0 saturated carbocycles. The SMILES string of the molecule is CCCNC(CC)c1cccc(-c2cccc(Cl)c2Cl)c1. The van der Waals surface area contributed by atoms with Crippen molar-refractivity contribution in [3.63, 3.8) is 0 Å². The summed E-state index contributed by atoms with van der Waals surface area (Å²) in [6, 6.07) is 14.7. The van der Waals surface area contributed by atoms with Crippen molar-refractivity contribution in [1.29, 1.82) is 0 Å². The number of nitrogens with one attached hydrogen (secondary N) is 1. The molecule has 1 nitrogen and oxygen atoms in total. The molecule has 1 atom stereocenters. The molecule has 1 N–H and O–H groups in total. The molecule has 2 rings (SSSR count). The molecule has 0 fully saturated rings. The Kier molecular flexibility index (Phi) is 6.10. The molecule has 112 valence electrons. The molecule has 0 aliphatic rings. The fourth-order valence-electron chi connectivity index (χ4n) is 2.47. The molecule has 0 radical (unpaired) electrons. The molecule has 0 heterocycles. The van der Waals surface area contributed by atoms with Gasteiger partial charge in [-0.1, -0.05) is 67.4 Å². The van der Waals surface area contributed by atoms with E-state index in [0.29, 0.717) is 16.1 Å². The minimum absolute atomic E-state index is 0.378. The van der Waals surface area contributed by atoms with E-state index in [9.17, 15) is 0 Å². The summed E-state index contributed by atoms with van der Waals surface area (Å²) in [6.07, 6.45) is 2.20. The van der Waals surface area contributed by atoms with Crippen molar-refractivity contribution < 1.29 is 0 Å². The van der Waals surface area contributed by atoms with E-state index in [4.69, 9.17) is 23.2 Å². The van der Waals surface area contributed by atoms with Crippen molar-refractivity contribution in [1.82, 2.24) is 5.32 Å². The summed E-state index contributed by atoms with van der Waals surface area (Å²) in [7, 11) is 0. The third-order valence-corrected chi connectivity index (χ3v) is 4.42. The van der Waals surface area contributed by atoms with Gasteiger partial charge in [-0.3, -0.25) is 0 Å². The van der Waals surface area contributed by atoms with Gasteiger partial charge in [0, 0.05) is 11.6 Å². The van der Waals surface area contributed by atoms with E-state index in [1.165, 1.54) is 5.56 Å². The van der Waals surface area contributed by atoms with Gasteiger partial charge in [-0.2, -0.15) is 0 Å². The summed E-state index contributed by atoms with van der Waals surface area (Å²) in [5, 5.41) is 4.79. The van der Waals surface area contributed by atoms with Gasteiger partial charge in [0.1, 0.15) is 0 Å². The molecule has 2 aromatic rings. The van der Waals surface area contributed by atoms with Crippen LogP contribution in [0, 0.1) is 0 Å². The Balaban J connectivity index is 2.34. The van der Waals surface area contributed by atoms with Gasteiger partial charge in [-0.05, 0) is 42.6 Å². The Labute approximate surface area is 137 Å². The lowest BCUT2D eigenvalue weighted by Crippen LogP contribution is -2.21. The molecule has 2 aromatic carbocycles. The van der Waals surface area contributed by atoms with E-state index in [2.05, 4.69) is 43.4 Å². The summed E-state index contributed by atoms with van der Waals surface area (Å²) >= 11 is 12.4. The molecule has 0 aliphatic heterocycles. The van der Waals surface area contributed by atoms with Crippen LogP contribution in [0.3, 0.4) is 0 Å². The second-order valence-corrected chi connectivity index (χ2v) is 5.93. The van der Waals surface area contributed by atoms with Crippen LogP contribution in [0.4, 0.5) is 0 Å². The predicted octanol–water partition coefficient (Wildman–Crippen LogP) is 6.11. The van der Waals surface area contributed by atoms with Gasteiger partial charge in [-0.25, -0.2) is 0 Å². The number of hydrogen-bond donors (Lipinski definition) is 1. The Morgan fingerprint density at radius 1 is 1.05 bits per heavy atom. The quantitative estimate of drug-likeness (QED) is 0.676. The van der Waals surface area contributed by atoms with Crippen molar-refractivity contribution in [2.75, 3.05) is 6.54 Å². The summed E-state index contributed by atoms with van der Waals surface area (Å²) < 4.78 is 0. The average Bonchev–Trinajstić information content (AvgIpc) is 2.51. The first-order valence-electron chi connectivity index (χ1n) is 7.45. The van der Waals surface area contributed by atoms with Gasteiger partial charge in [0.25, 0.3) is 0 Å². The van der Waals surface area contributed by atoms with E-state index >= 15 is 0 Å². The summed E-state index contributed by atoms with van der Waals surface area (Å²) in [4.78, 5) is 0. The predicted molar refractivity (Wildman–Crippen MR) is 93.2 cm³/mol. The average molecular weight is 322 g/mol. The van der Waals surface area contributed by atoms with Crippen LogP contribution in [0.5, 0.6) is 0 Å². The minimum atomic E-state index is 0.378. The molecular formula is C18H21Cl2N. The number of hydrogen-bond acceptors (Lipinski definition) is 1. The summed E-state index contributed by atoms with van der Waals surface area (Å²) in [5.41, 5.74) is 3.38. The molecular weight excluding hydrogens is 301 g/mol. The molecule has 0 saturated heterocycles. The zero-order chi connectivity index (χ0) is 15.2. The summed E-state index contributed by atoms with van der Waals surface area (Å²) in [6.45, 7) is 5.41. The maximum atomic E-state index is 6.33. The van der Waals surface area contributed by atoms with E-state index in [1.807, 2.05) is 18.2 Å². The van der Waals surface area contributed by atoms with Crippen LogP contribution in [-0.2, 0) is 0 Å². The molecule has 0 aromatic heterocycles. The number of halogens is 2. The standard InChI is InChI=1S/C18H21Cl2N/c1-3-11-21-17(4-2)14-8-5-7-13(12-14)15-9-6-10-16(19)18(15)20/h5-10,12,17,21H,3-4,11H2,1-2H3. The highest BCUT2D eigenvalue weighted by atomic mass is 35.5. The second-order valence-electron chi connectivity index (χ2n) is 5.14. The van der Waals surface area contributed by atoms with Crippen molar-refractivity contribution in [3.05, 3.63) is 58.1 Å². The fraction of sp³-hybridized carbons (Fsp3) is 0.333. The van der Waals surface area contributed by atoms with E-state index in [1.54, 1.807) is 0 Å². The third kappa shape index (κ3) is 4.00. The van der Waals surface area contributed by atoms with Crippen LogP contribution < -0.4 is 5.32 Å². The largest absolute Gasteiger partial charge is 0.310 e.